The number of aromatic nitrogens is 5. The highest BCUT2D eigenvalue weighted by molar-refractivity contribution is 5.95. The summed E-state index contributed by atoms with van der Waals surface area (Å²) in [6.07, 6.45) is 9.02. The number of nitrogens with one attached hydrogen (secondary N) is 3. The number of aryl methyl sites for hydroxylation is 1. The van der Waals surface area contributed by atoms with Crippen LogP contribution in [0.2, 0.25) is 0 Å². The first-order chi connectivity index (χ1) is 16.6. The molecule has 2 saturated heterocycles. The SMILES string of the molecule is Cc1cc(Nc2cc3ncccc3c(NC3C[C@H]4CC[C@@H](C3)N4C(=O)c3ccncc3)n2)n[nH]1. The zero-order valence-electron chi connectivity index (χ0n) is 18.9. The summed E-state index contributed by atoms with van der Waals surface area (Å²) < 4.78 is 0. The van der Waals surface area contributed by atoms with Gasteiger partial charge in [-0.1, -0.05) is 0 Å². The molecule has 3 N–H and O–H groups in total. The van der Waals surface area contributed by atoms with Crippen LogP contribution in [-0.4, -0.2) is 54.1 Å². The molecule has 4 aromatic rings. The second-order valence-electron chi connectivity index (χ2n) is 9.13. The maximum Gasteiger partial charge on any atom is 0.254 e. The first kappa shape index (κ1) is 20.6. The number of hydrogen-bond donors (Lipinski definition) is 3. The maximum absolute atomic E-state index is 13.2. The van der Waals surface area contributed by atoms with Crippen LogP contribution in [-0.2, 0) is 0 Å². The third-order valence-corrected chi connectivity index (χ3v) is 6.80. The van der Waals surface area contributed by atoms with Gasteiger partial charge in [0, 0.05) is 65.5 Å². The van der Waals surface area contributed by atoms with E-state index < -0.39 is 0 Å². The monoisotopic (exact) mass is 454 g/mol. The molecular weight excluding hydrogens is 428 g/mol. The molecule has 4 aromatic heterocycles. The van der Waals surface area contributed by atoms with E-state index >= 15 is 0 Å². The summed E-state index contributed by atoms with van der Waals surface area (Å²) in [4.78, 5) is 28.7. The quantitative estimate of drug-likeness (QED) is 0.417. The Labute approximate surface area is 197 Å². The number of rotatable bonds is 5. The summed E-state index contributed by atoms with van der Waals surface area (Å²) in [5, 5.41) is 15.1. The van der Waals surface area contributed by atoms with Crippen molar-refractivity contribution in [1.29, 1.82) is 0 Å². The van der Waals surface area contributed by atoms with E-state index in [-0.39, 0.29) is 24.0 Å². The lowest BCUT2D eigenvalue weighted by atomic mass is 9.96. The number of hydrogen-bond acceptors (Lipinski definition) is 7. The Hall–Kier alpha value is -4.01. The number of anilines is 3. The average molecular weight is 455 g/mol. The fraction of sp³-hybridized carbons (Fsp3) is 0.320. The van der Waals surface area contributed by atoms with Gasteiger partial charge in [0.2, 0.25) is 0 Å². The largest absolute Gasteiger partial charge is 0.367 e. The van der Waals surface area contributed by atoms with E-state index in [2.05, 4.69) is 35.7 Å². The third kappa shape index (κ3) is 3.83. The number of pyridine rings is 3. The van der Waals surface area contributed by atoms with Crippen molar-refractivity contribution in [2.75, 3.05) is 10.6 Å². The molecule has 1 amide bonds. The molecule has 0 saturated carbocycles. The highest BCUT2D eigenvalue weighted by Gasteiger charge is 2.43. The van der Waals surface area contributed by atoms with Crippen molar-refractivity contribution in [3.8, 4) is 0 Å². The molecule has 2 fully saturated rings. The van der Waals surface area contributed by atoms with E-state index in [4.69, 9.17) is 4.98 Å². The lowest BCUT2D eigenvalue weighted by Crippen LogP contribution is -2.49. The van der Waals surface area contributed by atoms with Crippen molar-refractivity contribution in [3.05, 3.63) is 66.2 Å². The van der Waals surface area contributed by atoms with Gasteiger partial charge in [-0.05, 0) is 56.9 Å². The van der Waals surface area contributed by atoms with Crippen LogP contribution in [0.5, 0.6) is 0 Å². The van der Waals surface area contributed by atoms with Gasteiger partial charge in [-0.3, -0.25) is 19.9 Å². The minimum atomic E-state index is 0.113. The number of amides is 1. The molecule has 0 spiro atoms. The van der Waals surface area contributed by atoms with Crippen molar-refractivity contribution in [2.45, 2.75) is 50.7 Å². The first-order valence-corrected chi connectivity index (χ1v) is 11.7. The Bertz CT molecular complexity index is 1320. The van der Waals surface area contributed by atoms with Crippen LogP contribution in [0.3, 0.4) is 0 Å². The summed E-state index contributed by atoms with van der Waals surface area (Å²) >= 11 is 0. The van der Waals surface area contributed by atoms with E-state index in [0.29, 0.717) is 17.2 Å². The van der Waals surface area contributed by atoms with Crippen molar-refractivity contribution in [1.82, 2.24) is 30.0 Å². The minimum absolute atomic E-state index is 0.113. The summed E-state index contributed by atoms with van der Waals surface area (Å²) in [5.74, 6) is 2.32. The van der Waals surface area contributed by atoms with E-state index in [1.165, 1.54) is 0 Å². The van der Waals surface area contributed by atoms with E-state index in [1.54, 1.807) is 30.7 Å². The normalized spacial score (nSPS) is 21.6. The molecule has 0 radical (unpaired) electrons. The van der Waals surface area contributed by atoms with E-state index in [0.717, 1.165) is 48.1 Å². The number of carbonyl (C=O) groups is 1. The van der Waals surface area contributed by atoms with Gasteiger partial charge in [-0.15, -0.1) is 0 Å². The maximum atomic E-state index is 13.2. The third-order valence-electron chi connectivity index (χ3n) is 6.80. The van der Waals surface area contributed by atoms with E-state index in [1.807, 2.05) is 31.2 Å². The summed E-state index contributed by atoms with van der Waals surface area (Å²) in [6, 6.07) is 12.1. The topological polar surface area (TPSA) is 112 Å². The van der Waals surface area contributed by atoms with Gasteiger partial charge < -0.3 is 15.5 Å². The van der Waals surface area contributed by atoms with Crippen LogP contribution < -0.4 is 10.6 Å². The Morgan fingerprint density at radius 3 is 2.59 bits per heavy atom. The molecule has 1 unspecified atom stereocenters. The van der Waals surface area contributed by atoms with Gasteiger partial charge in [0.15, 0.2) is 5.82 Å². The fourth-order valence-electron chi connectivity index (χ4n) is 5.33. The number of nitrogens with zero attached hydrogens (tertiary/aromatic N) is 5. The second-order valence-corrected chi connectivity index (χ2v) is 9.13. The standard InChI is InChI=1S/C25H26N8O/c1-15-11-23(32-31-15)29-22-14-21-20(3-2-8-27-21)24(30-22)28-17-12-18-4-5-19(13-17)33(18)25(34)16-6-9-26-10-7-16/h2-3,6-11,14,17-19H,4-5,12-13H2,1H3,(H3,28,29,30,31,32)/t17?,18-,19+. The molecule has 6 heterocycles. The smallest absolute Gasteiger partial charge is 0.254 e. The van der Waals surface area contributed by atoms with Crippen LogP contribution in [0.25, 0.3) is 10.9 Å². The average Bonchev–Trinajstić information content (AvgIpc) is 3.38. The van der Waals surface area contributed by atoms with Gasteiger partial charge in [0.25, 0.3) is 5.91 Å². The molecule has 0 aromatic carbocycles. The molecule has 9 nitrogen and oxygen atoms in total. The molecule has 9 heteroatoms. The Kier molecular flexibility index (Phi) is 5.09. The molecule has 2 aliphatic heterocycles. The molecular formula is C25H26N8O. The van der Waals surface area contributed by atoms with Gasteiger partial charge in [-0.2, -0.15) is 5.10 Å². The van der Waals surface area contributed by atoms with Crippen LogP contribution >= 0.6 is 0 Å². The second kappa shape index (κ2) is 8.40. The highest BCUT2D eigenvalue weighted by atomic mass is 16.2. The van der Waals surface area contributed by atoms with Crippen molar-refractivity contribution >= 4 is 34.3 Å². The van der Waals surface area contributed by atoms with E-state index in [9.17, 15) is 4.79 Å². The van der Waals surface area contributed by atoms with Crippen LogP contribution in [0.15, 0.2) is 55.0 Å². The summed E-state index contributed by atoms with van der Waals surface area (Å²) in [6.45, 7) is 1.96. The molecule has 0 aliphatic carbocycles. The Morgan fingerprint density at radius 1 is 1.06 bits per heavy atom. The minimum Gasteiger partial charge on any atom is -0.367 e. The number of fused-ring (bicyclic) bond motifs is 3. The number of H-pyrrole nitrogens is 1. The number of carbonyl (C=O) groups excluding carboxylic acids is 1. The predicted molar refractivity (Wildman–Crippen MR) is 130 cm³/mol. The summed E-state index contributed by atoms with van der Waals surface area (Å²) in [7, 11) is 0. The predicted octanol–water partition coefficient (Wildman–Crippen LogP) is 4.05. The van der Waals surface area contributed by atoms with Gasteiger partial charge in [0.1, 0.15) is 11.6 Å². The van der Waals surface area contributed by atoms with Crippen LogP contribution in [0, 0.1) is 6.92 Å². The zero-order valence-corrected chi connectivity index (χ0v) is 18.9. The van der Waals surface area contributed by atoms with Crippen LogP contribution in [0.1, 0.15) is 41.7 Å². The van der Waals surface area contributed by atoms with Crippen molar-refractivity contribution < 1.29 is 4.79 Å². The molecule has 2 bridgehead atoms. The fourth-order valence-corrected chi connectivity index (χ4v) is 5.33. The molecule has 6 rings (SSSR count). The molecule has 172 valence electrons. The van der Waals surface area contributed by atoms with Gasteiger partial charge in [-0.25, -0.2) is 4.98 Å². The number of aromatic amines is 1. The lowest BCUT2D eigenvalue weighted by molar-refractivity contribution is 0.0583. The zero-order chi connectivity index (χ0) is 23.1. The Balaban J connectivity index is 1.24. The molecule has 34 heavy (non-hydrogen) atoms. The molecule has 2 aliphatic rings. The molecule has 3 atom stereocenters. The van der Waals surface area contributed by atoms with Crippen molar-refractivity contribution in [3.63, 3.8) is 0 Å². The summed E-state index contributed by atoms with van der Waals surface area (Å²) in [5.41, 5.74) is 2.55. The van der Waals surface area contributed by atoms with Crippen LogP contribution in [0.4, 0.5) is 17.5 Å². The first-order valence-electron chi connectivity index (χ1n) is 11.7. The van der Waals surface area contributed by atoms with Gasteiger partial charge in [0.05, 0.1) is 5.52 Å². The number of piperidine rings is 1. The van der Waals surface area contributed by atoms with Gasteiger partial charge >= 0.3 is 0 Å². The van der Waals surface area contributed by atoms with Crippen molar-refractivity contribution in [2.24, 2.45) is 0 Å². The Morgan fingerprint density at radius 2 is 1.85 bits per heavy atom. The lowest BCUT2D eigenvalue weighted by Gasteiger charge is -2.39. The highest BCUT2D eigenvalue weighted by Crippen LogP contribution is 2.38.